The molecular formula is C16H40N6Si2. The van der Waals surface area contributed by atoms with Crippen molar-refractivity contribution in [3.05, 3.63) is 0 Å². The summed E-state index contributed by atoms with van der Waals surface area (Å²) in [5.74, 6) is 0. The molecular weight excluding hydrogens is 332 g/mol. The highest BCUT2D eigenvalue weighted by atomic mass is 28.3. The van der Waals surface area contributed by atoms with Gasteiger partial charge in [0, 0.05) is 22.2 Å². The number of hydrogen-bond donors (Lipinski definition) is 4. The fourth-order valence-corrected chi connectivity index (χ4v) is 8.23. The Morgan fingerprint density at radius 3 is 0.958 bits per heavy atom. The smallest absolute Gasteiger partial charge is 0.306 e. The van der Waals surface area contributed by atoms with Crippen molar-refractivity contribution in [2.75, 3.05) is 0 Å². The topological polar surface area (TPSA) is 54.6 Å². The zero-order valence-corrected chi connectivity index (χ0v) is 19.9. The molecule has 0 atom stereocenters. The van der Waals surface area contributed by atoms with E-state index in [0.717, 1.165) is 0 Å². The number of nitrogens with zero attached hydrogens (tertiary/aromatic N) is 2. The SMILES string of the molecule is CC(C)(C)N[Si]1NN(C(C)(C)C)[Si](NC(C)(C)C)NN1C(C)(C)C. The average Bonchev–Trinajstić information content (AvgIpc) is 2.23. The maximum absolute atomic E-state index is 3.85. The summed E-state index contributed by atoms with van der Waals surface area (Å²) >= 11 is 0. The Bertz CT molecular complexity index is 376. The summed E-state index contributed by atoms with van der Waals surface area (Å²) in [7, 11) is -2.37. The van der Waals surface area contributed by atoms with Crippen LogP contribution in [0.25, 0.3) is 0 Å². The van der Waals surface area contributed by atoms with Gasteiger partial charge < -0.3 is 9.96 Å². The van der Waals surface area contributed by atoms with Gasteiger partial charge in [-0.1, -0.05) is 0 Å². The predicted molar refractivity (Wildman–Crippen MR) is 107 cm³/mol. The van der Waals surface area contributed by atoms with Crippen LogP contribution in [0.3, 0.4) is 0 Å². The molecule has 0 spiro atoms. The van der Waals surface area contributed by atoms with E-state index in [2.05, 4.69) is 113 Å². The first-order valence-corrected chi connectivity index (χ1v) is 11.7. The van der Waals surface area contributed by atoms with Crippen LogP contribution in [-0.4, -0.2) is 50.1 Å². The molecule has 0 saturated carbocycles. The lowest BCUT2D eigenvalue weighted by Gasteiger charge is -2.55. The van der Waals surface area contributed by atoms with Crippen LogP contribution in [0.1, 0.15) is 83.1 Å². The number of rotatable bonds is 2. The van der Waals surface area contributed by atoms with E-state index in [1.807, 2.05) is 0 Å². The van der Waals surface area contributed by atoms with Crippen LogP contribution in [0.2, 0.25) is 0 Å². The van der Waals surface area contributed by atoms with Crippen molar-refractivity contribution in [3.63, 3.8) is 0 Å². The van der Waals surface area contributed by atoms with Crippen LogP contribution in [0.4, 0.5) is 0 Å². The molecule has 24 heavy (non-hydrogen) atoms. The normalized spacial score (nSPS) is 21.5. The van der Waals surface area contributed by atoms with Crippen molar-refractivity contribution in [3.8, 4) is 0 Å². The van der Waals surface area contributed by atoms with Gasteiger partial charge in [0.05, 0.1) is 0 Å². The standard InChI is InChI=1S/C16H40N6Si2/c1-13(2,3)17-23-19-22(16(10,11)12)24(18-14(4,5)6)20-21(23)15(7,8)9/h17-20H,1-12H3. The molecule has 1 rings (SSSR count). The number of hydrogen-bond acceptors (Lipinski definition) is 6. The molecule has 0 unspecified atom stereocenters. The van der Waals surface area contributed by atoms with Crippen LogP contribution in [0, 0.1) is 0 Å². The second-order valence-electron chi connectivity index (χ2n) is 10.7. The molecule has 4 N–H and O–H groups in total. The Labute approximate surface area is 153 Å². The average molecular weight is 373 g/mol. The van der Waals surface area contributed by atoms with Crippen LogP contribution < -0.4 is 20.1 Å². The minimum absolute atomic E-state index is 0.0268. The second-order valence-corrected chi connectivity index (χ2v) is 13.9. The molecule has 1 aliphatic rings. The van der Waals surface area contributed by atoms with Gasteiger partial charge in [-0.05, 0) is 83.1 Å². The molecule has 0 amide bonds. The highest BCUT2D eigenvalue weighted by Crippen LogP contribution is 2.20. The van der Waals surface area contributed by atoms with Crippen LogP contribution in [0.15, 0.2) is 0 Å². The van der Waals surface area contributed by atoms with Crippen molar-refractivity contribution >= 4 is 18.6 Å². The van der Waals surface area contributed by atoms with Gasteiger partial charge >= 0.3 is 18.6 Å². The molecule has 142 valence electrons. The highest BCUT2D eigenvalue weighted by molar-refractivity contribution is 6.59. The number of hydrazine groups is 2. The summed E-state index contributed by atoms with van der Waals surface area (Å²) in [5, 5.41) is 7.70. The summed E-state index contributed by atoms with van der Waals surface area (Å²) in [6.45, 7) is 26.9. The molecule has 0 aromatic heterocycles. The lowest BCUT2D eigenvalue weighted by molar-refractivity contribution is 0.116. The van der Waals surface area contributed by atoms with Crippen LogP contribution in [-0.2, 0) is 0 Å². The zero-order chi connectivity index (χ0) is 19.1. The first-order valence-electron chi connectivity index (χ1n) is 8.84. The lowest BCUT2D eigenvalue weighted by Crippen LogP contribution is -2.88. The summed E-state index contributed by atoms with van der Waals surface area (Å²) in [4.78, 5) is 7.60. The van der Waals surface area contributed by atoms with Gasteiger partial charge in [-0.2, -0.15) is 0 Å². The van der Waals surface area contributed by atoms with Gasteiger partial charge in [-0.15, -0.1) is 0 Å². The fraction of sp³-hybridized carbons (Fsp3) is 1.00. The summed E-state index contributed by atoms with van der Waals surface area (Å²) in [6, 6.07) is 0. The first kappa shape index (κ1) is 22.2. The van der Waals surface area contributed by atoms with Gasteiger partial charge in [0.2, 0.25) is 0 Å². The summed E-state index contributed by atoms with van der Waals surface area (Å²) in [6.07, 6.45) is 0. The van der Waals surface area contributed by atoms with E-state index in [0.29, 0.717) is 0 Å². The Kier molecular flexibility index (Phi) is 6.55. The molecule has 1 saturated heterocycles. The summed E-state index contributed by atoms with van der Waals surface area (Å²) < 4.78 is 4.83. The second kappa shape index (κ2) is 7.07. The molecule has 1 heterocycles. The first-order chi connectivity index (χ1) is 10.4. The minimum atomic E-state index is -1.19. The van der Waals surface area contributed by atoms with Gasteiger partial charge in [0.15, 0.2) is 0 Å². The van der Waals surface area contributed by atoms with E-state index in [9.17, 15) is 0 Å². The fourth-order valence-electron chi connectivity index (χ4n) is 2.31. The Balaban J connectivity index is 3.16. The predicted octanol–water partition coefficient (Wildman–Crippen LogP) is 1.96. The Morgan fingerprint density at radius 2 is 0.792 bits per heavy atom. The molecule has 1 aliphatic heterocycles. The quantitative estimate of drug-likeness (QED) is 0.556. The Hall–Kier alpha value is 0.194. The number of nitrogens with one attached hydrogen (secondary N) is 4. The molecule has 0 aliphatic carbocycles. The van der Waals surface area contributed by atoms with Gasteiger partial charge in [-0.25, -0.2) is 9.35 Å². The van der Waals surface area contributed by atoms with E-state index in [1.165, 1.54) is 0 Å². The third-order valence-electron chi connectivity index (χ3n) is 3.21. The zero-order valence-electron chi connectivity index (χ0n) is 17.9. The minimum Gasteiger partial charge on any atom is -0.306 e. The third kappa shape index (κ3) is 6.83. The van der Waals surface area contributed by atoms with Gasteiger partial charge in [-0.3, -0.25) is 10.2 Å². The van der Waals surface area contributed by atoms with E-state index >= 15 is 0 Å². The van der Waals surface area contributed by atoms with Crippen molar-refractivity contribution in [1.29, 1.82) is 0 Å². The lowest BCUT2D eigenvalue weighted by atomic mass is 10.1. The molecule has 0 bridgehead atoms. The summed E-state index contributed by atoms with van der Waals surface area (Å²) in [5.41, 5.74) is 0.160. The largest absolute Gasteiger partial charge is 0.351 e. The van der Waals surface area contributed by atoms with Crippen LogP contribution in [0.5, 0.6) is 0 Å². The van der Waals surface area contributed by atoms with Crippen molar-refractivity contribution in [2.24, 2.45) is 0 Å². The molecule has 2 radical (unpaired) electrons. The highest BCUT2D eigenvalue weighted by Gasteiger charge is 2.47. The van der Waals surface area contributed by atoms with E-state index in [-0.39, 0.29) is 22.2 Å². The Morgan fingerprint density at radius 1 is 0.542 bits per heavy atom. The third-order valence-corrected chi connectivity index (χ3v) is 8.96. The van der Waals surface area contributed by atoms with Crippen LogP contribution >= 0.6 is 0 Å². The monoisotopic (exact) mass is 372 g/mol. The van der Waals surface area contributed by atoms with Crippen molar-refractivity contribution < 1.29 is 0 Å². The van der Waals surface area contributed by atoms with Gasteiger partial charge in [0.1, 0.15) is 0 Å². The molecule has 6 nitrogen and oxygen atoms in total. The van der Waals surface area contributed by atoms with Gasteiger partial charge in [0.25, 0.3) is 0 Å². The molecule has 1 fully saturated rings. The molecule has 0 aromatic carbocycles. The van der Waals surface area contributed by atoms with E-state index in [4.69, 9.17) is 0 Å². The maximum atomic E-state index is 3.85. The molecule has 0 aromatic rings. The van der Waals surface area contributed by atoms with Crippen molar-refractivity contribution in [2.45, 2.75) is 105 Å². The van der Waals surface area contributed by atoms with Crippen molar-refractivity contribution in [1.82, 2.24) is 29.5 Å². The molecule has 8 heteroatoms. The van der Waals surface area contributed by atoms with E-state index < -0.39 is 18.6 Å². The van der Waals surface area contributed by atoms with E-state index in [1.54, 1.807) is 0 Å². The maximum Gasteiger partial charge on any atom is 0.351 e.